The van der Waals surface area contributed by atoms with Gasteiger partial charge in [-0.2, -0.15) is 0 Å². The molecule has 6 nitrogen and oxygen atoms in total. The summed E-state index contributed by atoms with van der Waals surface area (Å²) in [4.78, 5) is 9.02. The van der Waals surface area contributed by atoms with Gasteiger partial charge in [0.25, 0.3) is 0 Å². The molecule has 0 amide bonds. The first kappa shape index (κ1) is 25.7. The van der Waals surface area contributed by atoms with Gasteiger partial charge in [-0.15, -0.1) is 24.0 Å². The number of benzene rings is 1. The van der Waals surface area contributed by atoms with E-state index in [2.05, 4.69) is 20.6 Å². The first-order chi connectivity index (χ1) is 13.3. The number of hydrogen-bond acceptors (Lipinski definition) is 4. The van der Waals surface area contributed by atoms with Crippen molar-refractivity contribution in [2.45, 2.75) is 33.4 Å². The summed E-state index contributed by atoms with van der Waals surface area (Å²) in [7, 11) is 1.65. The van der Waals surface area contributed by atoms with E-state index in [0.717, 1.165) is 22.6 Å². The lowest BCUT2D eigenvalue weighted by Gasteiger charge is -2.16. The van der Waals surface area contributed by atoms with Crippen LogP contribution >= 0.6 is 47.2 Å². The van der Waals surface area contributed by atoms with Crippen LogP contribution in [0.1, 0.15) is 35.4 Å². The molecule has 160 valence electrons. The summed E-state index contributed by atoms with van der Waals surface area (Å²) in [5.74, 6) is 1.40. The zero-order valence-electron chi connectivity index (χ0n) is 16.9. The number of aliphatic hydroxyl groups excluding tert-OH is 1. The maximum absolute atomic E-state index is 10.4. The van der Waals surface area contributed by atoms with Gasteiger partial charge < -0.3 is 20.5 Å². The second kappa shape index (κ2) is 12.4. The number of halogens is 3. The predicted molar refractivity (Wildman–Crippen MR) is 130 cm³/mol. The van der Waals surface area contributed by atoms with Crippen molar-refractivity contribution in [3.8, 4) is 5.75 Å². The number of methoxy groups -OCH3 is 1. The lowest BCUT2D eigenvalue weighted by atomic mass is 10.1. The normalized spacial score (nSPS) is 12.2. The summed E-state index contributed by atoms with van der Waals surface area (Å²) in [6.07, 6.45) is 1.00. The van der Waals surface area contributed by atoms with E-state index in [9.17, 15) is 5.11 Å². The first-order valence-corrected chi connectivity index (χ1v) is 9.76. The number of hydrogen-bond donors (Lipinski definition) is 3. The molecule has 0 aliphatic heterocycles. The lowest BCUT2D eigenvalue weighted by Crippen LogP contribution is -2.39. The molecule has 0 aliphatic rings. The van der Waals surface area contributed by atoms with E-state index in [-0.39, 0.29) is 30.5 Å². The number of aliphatic imine (C=N–C) groups is 1. The van der Waals surface area contributed by atoms with E-state index in [1.165, 1.54) is 0 Å². The summed E-state index contributed by atoms with van der Waals surface area (Å²) in [6.45, 7) is 7.23. The molecule has 0 fully saturated rings. The molecular weight excluding hydrogens is 526 g/mol. The average Bonchev–Trinajstić information content (AvgIpc) is 2.64. The summed E-state index contributed by atoms with van der Waals surface area (Å²) in [5.41, 5.74) is 3.43. The van der Waals surface area contributed by atoms with Gasteiger partial charge in [-0.3, -0.25) is 4.98 Å². The number of aliphatic hydroxyl groups is 1. The van der Waals surface area contributed by atoms with Crippen molar-refractivity contribution >= 4 is 53.1 Å². The summed E-state index contributed by atoms with van der Waals surface area (Å²) >= 11 is 12.0. The van der Waals surface area contributed by atoms with Crippen molar-refractivity contribution < 1.29 is 9.84 Å². The van der Waals surface area contributed by atoms with Crippen LogP contribution in [-0.2, 0) is 6.54 Å². The van der Waals surface area contributed by atoms with Crippen molar-refractivity contribution in [2.75, 3.05) is 20.2 Å². The highest BCUT2D eigenvalue weighted by Gasteiger charge is 2.12. The molecule has 1 aromatic carbocycles. The van der Waals surface area contributed by atoms with Gasteiger partial charge in [0.1, 0.15) is 5.75 Å². The summed E-state index contributed by atoms with van der Waals surface area (Å²) in [6, 6.07) is 5.01. The van der Waals surface area contributed by atoms with E-state index in [0.29, 0.717) is 34.7 Å². The van der Waals surface area contributed by atoms with E-state index >= 15 is 0 Å². The van der Waals surface area contributed by atoms with Crippen molar-refractivity contribution in [1.29, 1.82) is 0 Å². The maximum atomic E-state index is 10.4. The monoisotopic (exact) mass is 552 g/mol. The Morgan fingerprint density at radius 1 is 1.21 bits per heavy atom. The van der Waals surface area contributed by atoms with Crippen LogP contribution in [0.25, 0.3) is 0 Å². The number of aromatic nitrogens is 1. The number of guanidine groups is 1. The number of ether oxygens (including phenoxy) is 1. The number of aryl methyl sites for hydroxylation is 1. The largest absolute Gasteiger partial charge is 0.496 e. The molecule has 0 saturated heterocycles. The number of nitrogens with zero attached hydrogens (tertiary/aromatic N) is 2. The zero-order chi connectivity index (χ0) is 20.7. The highest BCUT2D eigenvalue weighted by Crippen LogP contribution is 2.25. The SMILES string of the molecule is CCNC(=NCc1ncc(C)c(OC)c1C)NCC(O)c1cc(Cl)cc(Cl)c1.I. The molecule has 1 atom stereocenters. The van der Waals surface area contributed by atoms with Crippen molar-refractivity contribution in [1.82, 2.24) is 15.6 Å². The van der Waals surface area contributed by atoms with Gasteiger partial charge in [-0.25, -0.2) is 4.99 Å². The number of rotatable bonds is 7. The first-order valence-electron chi connectivity index (χ1n) is 9.01. The van der Waals surface area contributed by atoms with Crippen LogP contribution < -0.4 is 15.4 Å². The molecule has 3 N–H and O–H groups in total. The second-order valence-electron chi connectivity index (χ2n) is 6.34. The minimum absolute atomic E-state index is 0. The molecule has 0 aliphatic carbocycles. The Morgan fingerprint density at radius 2 is 1.86 bits per heavy atom. The minimum Gasteiger partial charge on any atom is -0.496 e. The standard InChI is InChI=1S/C20H26Cl2N4O2.HI/c1-5-23-20(25-10-17-13(3)19(28-4)12(2)9-24-17)26-11-18(27)14-6-15(21)8-16(22)7-14;/h6-9,18,27H,5,10-11H2,1-4H3,(H2,23,25,26);1H. The van der Waals surface area contributed by atoms with Crippen LogP contribution in [0.5, 0.6) is 5.75 Å². The van der Waals surface area contributed by atoms with Gasteiger partial charge in [-0.05, 0) is 44.5 Å². The second-order valence-corrected chi connectivity index (χ2v) is 7.21. The van der Waals surface area contributed by atoms with E-state index in [1.54, 1.807) is 31.5 Å². The fourth-order valence-electron chi connectivity index (χ4n) is 2.80. The molecule has 1 heterocycles. The van der Waals surface area contributed by atoms with Crippen LogP contribution in [0.3, 0.4) is 0 Å². The Kier molecular flexibility index (Phi) is 11.0. The highest BCUT2D eigenvalue weighted by molar-refractivity contribution is 14.0. The van der Waals surface area contributed by atoms with Gasteiger partial charge in [0.05, 0.1) is 25.5 Å². The topological polar surface area (TPSA) is 78.8 Å². The number of nitrogens with one attached hydrogen (secondary N) is 2. The molecule has 0 spiro atoms. The average molecular weight is 553 g/mol. The molecule has 0 radical (unpaired) electrons. The Hall–Kier alpha value is -1.29. The Morgan fingerprint density at radius 3 is 2.45 bits per heavy atom. The molecular formula is C20H27Cl2IN4O2. The fraction of sp³-hybridized carbons (Fsp3) is 0.400. The fourth-order valence-corrected chi connectivity index (χ4v) is 3.35. The van der Waals surface area contributed by atoms with Crippen molar-refractivity contribution in [3.63, 3.8) is 0 Å². The molecule has 2 rings (SSSR count). The van der Waals surface area contributed by atoms with E-state index in [1.807, 2.05) is 20.8 Å². The minimum atomic E-state index is -0.778. The van der Waals surface area contributed by atoms with Crippen LogP contribution in [0.4, 0.5) is 0 Å². The van der Waals surface area contributed by atoms with E-state index < -0.39 is 6.10 Å². The summed E-state index contributed by atoms with van der Waals surface area (Å²) in [5, 5.41) is 17.7. The lowest BCUT2D eigenvalue weighted by molar-refractivity contribution is 0.181. The smallest absolute Gasteiger partial charge is 0.191 e. The van der Waals surface area contributed by atoms with Crippen LogP contribution in [0, 0.1) is 13.8 Å². The van der Waals surface area contributed by atoms with Crippen LogP contribution in [0.15, 0.2) is 29.4 Å². The van der Waals surface area contributed by atoms with Gasteiger partial charge in [0.2, 0.25) is 0 Å². The molecule has 0 saturated carbocycles. The highest BCUT2D eigenvalue weighted by atomic mass is 127. The van der Waals surface area contributed by atoms with Gasteiger partial charge in [0.15, 0.2) is 5.96 Å². The third-order valence-electron chi connectivity index (χ3n) is 4.21. The van der Waals surface area contributed by atoms with Crippen molar-refractivity contribution in [3.05, 3.63) is 56.8 Å². The molecule has 2 aromatic rings. The predicted octanol–water partition coefficient (Wildman–Crippen LogP) is 4.42. The third kappa shape index (κ3) is 7.47. The molecule has 1 aromatic heterocycles. The molecule has 29 heavy (non-hydrogen) atoms. The van der Waals surface area contributed by atoms with Crippen LogP contribution in [0.2, 0.25) is 10.0 Å². The molecule has 9 heteroatoms. The van der Waals surface area contributed by atoms with Crippen LogP contribution in [-0.4, -0.2) is 36.2 Å². The zero-order valence-corrected chi connectivity index (χ0v) is 20.8. The summed E-state index contributed by atoms with van der Waals surface area (Å²) < 4.78 is 5.44. The number of pyridine rings is 1. The Balaban J connectivity index is 0.00000420. The molecule has 0 bridgehead atoms. The van der Waals surface area contributed by atoms with Crippen molar-refractivity contribution in [2.24, 2.45) is 4.99 Å². The molecule has 1 unspecified atom stereocenters. The van der Waals surface area contributed by atoms with Gasteiger partial charge in [-0.1, -0.05) is 23.2 Å². The van der Waals surface area contributed by atoms with E-state index in [4.69, 9.17) is 27.9 Å². The van der Waals surface area contributed by atoms with Gasteiger partial charge >= 0.3 is 0 Å². The Bertz CT molecular complexity index is 829. The van der Waals surface area contributed by atoms with Gasteiger partial charge in [0, 0.05) is 40.5 Å². The quantitative estimate of drug-likeness (QED) is 0.269. The Labute approximate surface area is 199 Å². The maximum Gasteiger partial charge on any atom is 0.191 e. The third-order valence-corrected chi connectivity index (χ3v) is 4.65.